The number of benzene rings is 1. The van der Waals surface area contributed by atoms with Gasteiger partial charge >= 0.3 is 0 Å². The van der Waals surface area contributed by atoms with Gasteiger partial charge in [0.05, 0.1) is 45.4 Å². The molecule has 0 radical (unpaired) electrons. The average molecular weight is 534 g/mol. The first kappa shape index (κ1) is 24.6. The van der Waals surface area contributed by atoms with E-state index >= 15 is 0 Å². The van der Waals surface area contributed by atoms with Crippen LogP contribution in [0.4, 0.5) is 0 Å². The molecule has 40 heavy (non-hydrogen) atoms. The Morgan fingerprint density at radius 3 is 2.20 bits per heavy atom. The lowest BCUT2D eigenvalue weighted by Crippen LogP contribution is -2.26. The maximum atomic E-state index is 5.80. The average Bonchev–Trinajstić information content (AvgIpc) is 3.61. The molecule has 6 aromatic rings. The summed E-state index contributed by atoms with van der Waals surface area (Å²) in [5, 5.41) is 18.1. The summed E-state index contributed by atoms with van der Waals surface area (Å²) < 4.78 is 11.9. The predicted molar refractivity (Wildman–Crippen MR) is 153 cm³/mol. The molecule has 1 aliphatic heterocycles. The van der Waals surface area contributed by atoms with E-state index < -0.39 is 0 Å². The van der Waals surface area contributed by atoms with Gasteiger partial charge in [0.2, 0.25) is 0 Å². The molecule has 1 saturated heterocycles. The first-order valence-electron chi connectivity index (χ1n) is 13.7. The van der Waals surface area contributed by atoms with Crippen molar-refractivity contribution in [3.8, 4) is 22.6 Å². The number of nitrogens with zero attached hydrogens (tertiary/aromatic N) is 9. The molecule has 0 saturated carbocycles. The number of fused-ring (bicyclic) bond motifs is 3. The van der Waals surface area contributed by atoms with Crippen molar-refractivity contribution in [3.63, 3.8) is 0 Å². The zero-order valence-corrected chi connectivity index (χ0v) is 23.1. The van der Waals surface area contributed by atoms with E-state index in [0.29, 0.717) is 5.92 Å². The molecule has 0 N–H and O–H groups in total. The largest absolute Gasteiger partial charge is 0.381 e. The summed E-state index contributed by atoms with van der Waals surface area (Å²) in [7, 11) is 3.83. The Balaban J connectivity index is 1.56. The molecule has 0 spiro atoms. The molecule has 202 valence electrons. The number of pyridine rings is 2. The summed E-state index contributed by atoms with van der Waals surface area (Å²) in [6.07, 6.45) is 5.85. The molecule has 0 aliphatic carbocycles. The number of aromatic nitrogens is 9. The summed E-state index contributed by atoms with van der Waals surface area (Å²) in [5.41, 5.74) is 9.77. The lowest BCUT2D eigenvalue weighted by molar-refractivity contribution is 0.0553. The van der Waals surface area contributed by atoms with Crippen LogP contribution in [-0.4, -0.2) is 57.7 Å². The fourth-order valence-corrected chi connectivity index (χ4v) is 6.34. The van der Waals surface area contributed by atoms with Crippen molar-refractivity contribution in [2.24, 2.45) is 20.0 Å². The van der Waals surface area contributed by atoms with Gasteiger partial charge in [0.25, 0.3) is 0 Å². The molecule has 0 unspecified atom stereocenters. The second-order valence-corrected chi connectivity index (χ2v) is 10.6. The Morgan fingerprint density at radius 1 is 0.825 bits per heavy atom. The van der Waals surface area contributed by atoms with E-state index in [2.05, 4.69) is 67.7 Å². The monoisotopic (exact) mass is 533 g/mol. The fraction of sp³-hybridized carbons (Fsp3) is 0.333. The molecular formula is C30H31N9O. The number of hydrogen-bond donors (Lipinski definition) is 0. The second kappa shape index (κ2) is 9.63. The second-order valence-electron chi connectivity index (χ2n) is 10.6. The zero-order chi connectivity index (χ0) is 27.4. The molecule has 1 aliphatic rings. The van der Waals surface area contributed by atoms with Gasteiger partial charge in [0.15, 0.2) is 0 Å². The Bertz CT molecular complexity index is 1700. The van der Waals surface area contributed by atoms with Crippen LogP contribution >= 0.6 is 0 Å². The van der Waals surface area contributed by atoms with Gasteiger partial charge in [-0.25, -0.2) is 9.36 Å². The topological polar surface area (TPSA) is 101 Å². The molecule has 6 heterocycles. The van der Waals surface area contributed by atoms with E-state index in [1.54, 1.807) is 4.68 Å². The van der Waals surface area contributed by atoms with E-state index in [0.717, 1.165) is 82.0 Å². The van der Waals surface area contributed by atoms with Crippen molar-refractivity contribution in [3.05, 3.63) is 71.8 Å². The van der Waals surface area contributed by atoms with Crippen molar-refractivity contribution < 1.29 is 4.74 Å². The molecule has 1 atom stereocenters. The number of aryl methyl sites for hydroxylation is 4. The van der Waals surface area contributed by atoms with Crippen LogP contribution in [0.25, 0.3) is 44.6 Å². The van der Waals surface area contributed by atoms with Crippen molar-refractivity contribution >= 4 is 21.9 Å². The lowest BCUT2D eigenvalue weighted by Gasteiger charge is -2.33. The minimum Gasteiger partial charge on any atom is -0.381 e. The summed E-state index contributed by atoms with van der Waals surface area (Å²) in [4.78, 5) is 9.91. The van der Waals surface area contributed by atoms with Gasteiger partial charge in [0.1, 0.15) is 5.69 Å². The minimum atomic E-state index is 0.0916. The van der Waals surface area contributed by atoms with Crippen molar-refractivity contribution in [1.29, 1.82) is 0 Å². The zero-order valence-electron chi connectivity index (χ0n) is 23.1. The van der Waals surface area contributed by atoms with Gasteiger partial charge in [0, 0.05) is 50.7 Å². The smallest absolute Gasteiger partial charge is 0.110 e. The van der Waals surface area contributed by atoms with Crippen LogP contribution in [0.3, 0.4) is 0 Å². The Labute approximate surface area is 231 Å². The summed E-state index contributed by atoms with van der Waals surface area (Å²) >= 11 is 0. The highest BCUT2D eigenvalue weighted by Gasteiger charge is 2.31. The fourth-order valence-electron chi connectivity index (χ4n) is 6.34. The Hall–Kier alpha value is -4.44. The van der Waals surface area contributed by atoms with Gasteiger partial charge in [-0.2, -0.15) is 0 Å². The van der Waals surface area contributed by atoms with Gasteiger partial charge in [-0.3, -0.25) is 9.97 Å². The van der Waals surface area contributed by atoms with Crippen LogP contribution in [0.15, 0.2) is 54.9 Å². The molecule has 1 aromatic carbocycles. The summed E-state index contributed by atoms with van der Waals surface area (Å²) in [6, 6.07) is 15.3. The van der Waals surface area contributed by atoms with Crippen LogP contribution in [0, 0.1) is 19.8 Å². The quantitative estimate of drug-likeness (QED) is 0.313. The van der Waals surface area contributed by atoms with Gasteiger partial charge in [-0.15, -0.1) is 10.2 Å². The lowest BCUT2D eigenvalue weighted by atomic mass is 9.86. The van der Waals surface area contributed by atoms with Gasteiger partial charge in [-0.05, 0) is 50.3 Å². The Morgan fingerprint density at radius 2 is 1.52 bits per heavy atom. The van der Waals surface area contributed by atoms with E-state index in [1.165, 1.54) is 5.56 Å². The van der Waals surface area contributed by atoms with Crippen LogP contribution in [-0.2, 0) is 18.8 Å². The van der Waals surface area contributed by atoms with Gasteiger partial charge in [-0.1, -0.05) is 40.8 Å². The summed E-state index contributed by atoms with van der Waals surface area (Å²) in [5.74, 6) is 0.399. The third kappa shape index (κ3) is 3.90. The standard InChI is InChI=1S/C30H31N9O/c1-18-28(37(3)35-33-18)22-14-26-27(32-16-22)23-17-31-24(29-19(2)34-36-38(29)4)15-25(23)39(26)30(20-8-6-5-7-9-20)21-10-12-40-13-11-21/h5-9,14-17,21,30H,10-13H2,1-4H3/t30-/m1/s1. The van der Waals surface area contributed by atoms with Crippen LogP contribution in [0.5, 0.6) is 0 Å². The number of ether oxygens (including phenoxy) is 1. The summed E-state index contributed by atoms with van der Waals surface area (Å²) in [6.45, 7) is 5.48. The van der Waals surface area contributed by atoms with E-state index in [-0.39, 0.29) is 6.04 Å². The van der Waals surface area contributed by atoms with Crippen LogP contribution in [0.2, 0.25) is 0 Å². The molecule has 1 fully saturated rings. The molecule has 0 bridgehead atoms. The first-order chi connectivity index (χ1) is 19.5. The maximum Gasteiger partial charge on any atom is 0.110 e. The highest BCUT2D eigenvalue weighted by molar-refractivity contribution is 6.07. The predicted octanol–water partition coefficient (Wildman–Crippen LogP) is 4.81. The molecule has 10 heteroatoms. The Kier molecular flexibility index (Phi) is 5.92. The molecule has 5 aromatic heterocycles. The molecule has 0 amide bonds. The van der Waals surface area contributed by atoms with Gasteiger partial charge < -0.3 is 9.30 Å². The number of rotatable bonds is 5. The van der Waals surface area contributed by atoms with E-state index in [1.807, 2.05) is 45.0 Å². The van der Waals surface area contributed by atoms with E-state index in [4.69, 9.17) is 14.7 Å². The number of hydrogen-bond acceptors (Lipinski definition) is 7. The van der Waals surface area contributed by atoms with E-state index in [9.17, 15) is 0 Å². The van der Waals surface area contributed by atoms with Crippen LogP contribution in [0.1, 0.15) is 35.8 Å². The van der Waals surface area contributed by atoms with Crippen LogP contribution < -0.4 is 0 Å². The third-order valence-corrected chi connectivity index (χ3v) is 8.16. The maximum absolute atomic E-state index is 5.80. The SMILES string of the molecule is Cc1nnn(C)c1-c1cnc2c3cnc(-c4c(C)nnn4C)cc3n([C@H](c3ccccc3)C3CCOCC3)c2c1. The van der Waals surface area contributed by atoms with Crippen molar-refractivity contribution in [2.45, 2.75) is 32.7 Å². The normalized spacial score (nSPS) is 15.3. The molecule has 7 rings (SSSR count). The first-order valence-corrected chi connectivity index (χ1v) is 13.7. The van der Waals surface area contributed by atoms with Crippen molar-refractivity contribution in [2.75, 3.05) is 13.2 Å². The minimum absolute atomic E-state index is 0.0916. The highest BCUT2D eigenvalue weighted by Crippen LogP contribution is 2.41. The molecule has 10 nitrogen and oxygen atoms in total. The van der Waals surface area contributed by atoms with Crippen molar-refractivity contribution in [1.82, 2.24) is 44.5 Å². The third-order valence-electron chi connectivity index (χ3n) is 8.16. The highest BCUT2D eigenvalue weighted by atomic mass is 16.5. The molecular weight excluding hydrogens is 502 g/mol.